The Morgan fingerprint density at radius 3 is 1.83 bits per heavy atom. The Morgan fingerprint density at radius 1 is 0.468 bits per heavy atom. The van der Waals surface area contributed by atoms with Crippen molar-refractivity contribution in [3.8, 4) is 0 Å². The Morgan fingerprint density at radius 2 is 1.06 bits per heavy atom. The van der Waals surface area contributed by atoms with E-state index in [1.54, 1.807) is 0 Å². The lowest BCUT2D eigenvalue weighted by Gasteiger charge is -2.45. The highest BCUT2D eigenvalue weighted by Crippen LogP contribution is 2.55. The molecular weight excluding hydrogens is 588 g/mol. The van der Waals surface area contributed by atoms with Crippen molar-refractivity contribution in [1.82, 2.24) is 4.98 Å². The fraction of sp³-hybridized carbons (Fsp3) is 0. The summed E-state index contributed by atoms with van der Waals surface area (Å²) in [5, 5.41) is 0. The molecule has 0 N–H and O–H groups in total. The minimum Gasteiger partial charge on any atom is -0.310 e. The summed E-state index contributed by atoms with van der Waals surface area (Å²) < 4.78 is 0. The van der Waals surface area contributed by atoms with Crippen LogP contribution in [0, 0.1) is 0 Å². The maximum atomic E-state index is 4.39. The van der Waals surface area contributed by atoms with Crippen LogP contribution in [0.5, 0.6) is 0 Å². The summed E-state index contributed by atoms with van der Waals surface area (Å²) in [7, 11) is 0. The second kappa shape index (κ2) is 10.5. The van der Waals surface area contributed by atoms with Crippen LogP contribution in [0.3, 0.4) is 0 Å². The molecule has 3 aliphatic heterocycles. The molecule has 0 unspecified atom stereocenters. The van der Waals surface area contributed by atoms with E-state index in [1.807, 2.05) is 24.2 Å². The van der Waals surface area contributed by atoms with E-state index < -0.39 is 0 Å². The molecule has 0 saturated carbocycles. The zero-order valence-electron chi connectivity index (χ0n) is 25.5. The van der Waals surface area contributed by atoms with Gasteiger partial charge in [0.25, 0.3) is 0 Å². The van der Waals surface area contributed by atoms with E-state index in [2.05, 4.69) is 166 Å². The molecule has 0 amide bonds. The van der Waals surface area contributed by atoms with Gasteiger partial charge >= 0.3 is 0 Å². The zero-order valence-corrected chi connectivity index (χ0v) is 26.3. The van der Waals surface area contributed by atoms with Gasteiger partial charge < -0.3 is 9.80 Å². The number of para-hydroxylation sites is 3. The maximum absolute atomic E-state index is 4.39. The van der Waals surface area contributed by atoms with Gasteiger partial charge in [-0.15, -0.1) is 0 Å². The van der Waals surface area contributed by atoms with Crippen molar-refractivity contribution in [1.29, 1.82) is 0 Å². The first-order valence-corrected chi connectivity index (χ1v) is 16.9. The van der Waals surface area contributed by atoms with Crippen molar-refractivity contribution in [3.63, 3.8) is 0 Å². The van der Waals surface area contributed by atoms with Gasteiger partial charge in [-0.3, -0.25) is 4.98 Å². The van der Waals surface area contributed by atoms with E-state index in [9.17, 15) is 0 Å². The molecule has 6 aromatic carbocycles. The fourth-order valence-electron chi connectivity index (χ4n) is 8.03. The lowest BCUT2D eigenvalue weighted by atomic mass is 9.20. The largest absolute Gasteiger partial charge is 0.310 e. The Bertz CT molecular complexity index is 2300. The SMILES string of the molecule is c1ccc(B2c3ccccc3B3c4ccccc4N(c4ccccc4)c4c5c(cc2c43)N(c2ccncc2)c2ccccc2S5)cc1. The van der Waals surface area contributed by atoms with E-state index in [-0.39, 0.29) is 13.4 Å². The minimum atomic E-state index is 0.0899. The average molecular weight is 615 g/mol. The van der Waals surface area contributed by atoms with Crippen LogP contribution in [-0.2, 0) is 0 Å². The topological polar surface area (TPSA) is 19.4 Å². The van der Waals surface area contributed by atoms with Crippen molar-refractivity contribution in [3.05, 3.63) is 164 Å². The molecular formula is C41H27B2N3S. The van der Waals surface area contributed by atoms with Crippen LogP contribution in [0.2, 0.25) is 0 Å². The summed E-state index contributed by atoms with van der Waals surface area (Å²) in [5.41, 5.74) is 15.4. The predicted molar refractivity (Wildman–Crippen MR) is 200 cm³/mol. The highest BCUT2D eigenvalue weighted by molar-refractivity contribution is 8.00. The number of hydrogen-bond acceptors (Lipinski definition) is 4. The van der Waals surface area contributed by atoms with E-state index in [1.165, 1.54) is 71.0 Å². The first-order valence-electron chi connectivity index (χ1n) is 16.1. The first kappa shape index (κ1) is 26.7. The summed E-state index contributed by atoms with van der Waals surface area (Å²) in [5.74, 6) is 0. The van der Waals surface area contributed by atoms with Crippen LogP contribution < -0.4 is 42.6 Å². The molecule has 47 heavy (non-hydrogen) atoms. The van der Waals surface area contributed by atoms with E-state index >= 15 is 0 Å². The van der Waals surface area contributed by atoms with Crippen LogP contribution in [-0.4, -0.2) is 18.4 Å². The second-order valence-electron chi connectivity index (χ2n) is 12.3. The Labute approximate surface area is 279 Å². The fourth-order valence-corrected chi connectivity index (χ4v) is 9.21. The van der Waals surface area contributed by atoms with Gasteiger partial charge in [-0.1, -0.05) is 137 Å². The Kier molecular flexibility index (Phi) is 6.00. The van der Waals surface area contributed by atoms with Gasteiger partial charge in [-0.2, -0.15) is 0 Å². The number of anilines is 6. The zero-order chi connectivity index (χ0) is 30.9. The number of hydrogen-bond donors (Lipinski definition) is 0. The van der Waals surface area contributed by atoms with E-state index in [0.29, 0.717) is 0 Å². The van der Waals surface area contributed by atoms with E-state index in [4.69, 9.17) is 0 Å². The van der Waals surface area contributed by atoms with Gasteiger partial charge in [0.05, 0.1) is 22.0 Å². The van der Waals surface area contributed by atoms with Crippen molar-refractivity contribution < 1.29 is 0 Å². The molecule has 0 bridgehead atoms. The van der Waals surface area contributed by atoms with Crippen molar-refractivity contribution in [2.45, 2.75) is 9.79 Å². The number of nitrogens with zero attached hydrogens (tertiary/aromatic N) is 3. The number of aromatic nitrogens is 1. The number of fused-ring (bicyclic) bond motifs is 7. The van der Waals surface area contributed by atoms with Crippen LogP contribution >= 0.6 is 11.8 Å². The normalized spacial score (nSPS) is 13.7. The molecule has 0 radical (unpaired) electrons. The van der Waals surface area contributed by atoms with Crippen LogP contribution in [0.25, 0.3) is 0 Å². The summed E-state index contributed by atoms with van der Waals surface area (Å²) in [4.78, 5) is 11.9. The molecule has 218 valence electrons. The summed E-state index contributed by atoms with van der Waals surface area (Å²) in [6.45, 7) is 0.205. The standard InChI is InChI=1S/C41H27B2N3S/c1-3-13-28(14-4-1)42-31-17-7-8-18-32(31)43-33-19-9-10-20-35(33)46(29-15-5-2-6-16-29)40-39(43)34(42)27-37-41(40)47-38-22-12-11-21-36(38)45(37)30-23-25-44-26-24-30/h1-27H. The highest BCUT2D eigenvalue weighted by atomic mass is 32.2. The van der Waals surface area contributed by atoms with Crippen molar-refractivity contribution >= 4 is 92.1 Å². The molecule has 3 aliphatic rings. The number of rotatable bonds is 3. The highest BCUT2D eigenvalue weighted by Gasteiger charge is 2.47. The molecule has 7 aromatic rings. The number of pyridine rings is 1. The second-order valence-corrected chi connectivity index (χ2v) is 13.4. The minimum absolute atomic E-state index is 0.0899. The Balaban J connectivity index is 1.38. The van der Waals surface area contributed by atoms with Crippen molar-refractivity contribution in [2.75, 3.05) is 9.80 Å². The quantitative estimate of drug-likeness (QED) is 0.222. The third kappa shape index (κ3) is 3.95. The molecule has 0 aliphatic carbocycles. The van der Waals surface area contributed by atoms with Crippen LogP contribution in [0.1, 0.15) is 0 Å². The summed E-state index contributed by atoms with van der Waals surface area (Å²) in [6.07, 6.45) is 3.79. The summed E-state index contributed by atoms with van der Waals surface area (Å²) in [6, 6.07) is 55.7. The van der Waals surface area contributed by atoms with Crippen molar-refractivity contribution in [2.24, 2.45) is 0 Å². The molecule has 4 heterocycles. The lowest BCUT2D eigenvalue weighted by molar-refractivity contribution is 1.14. The molecule has 10 rings (SSSR count). The maximum Gasteiger partial charge on any atom is 0.245 e. The molecule has 0 fully saturated rings. The van der Waals surface area contributed by atoms with Crippen LogP contribution in [0.15, 0.2) is 174 Å². The smallest absolute Gasteiger partial charge is 0.245 e. The molecule has 0 atom stereocenters. The van der Waals surface area contributed by atoms with Gasteiger partial charge in [-0.05, 0) is 59.5 Å². The third-order valence-electron chi connectivity index (χ3n) is 9.86. The summed E-state index contributed by atoms with van der Waals surface area (Å²) >= 11 is 1.89. The van der Waals surface area contributed by atoms with Crippen LogP contribution in [0.4, 0.5) is 34.1 Å². The molecule has 1 aromatic heterocycles. The average Bonchev–Trinajstić information content (AvgIpc) is 3.15. The van der Waals surface area contributed by atoms with Gasteiger partial charge in [0.1, 0.15) is 0 Å². The van der Waals surface area contributed by atoms with Gasteiger partial charge in [0.2, 0.25) is 13.4 Å². The van der Waals surface area contributed by atoms with Gasteiger partial charge in [0.15, 0.2) is 0 Å². The third-order valence-corrected chi connectivity index (χ3v) is 11.0. The molecule has 3 nitrogen and oxygen atoms in total. The molecule has 0 spiro atoms. The monoisotopic (exact) mass is 615 g/mol. The molecule has 6 heteroatoms. The Hall–Kier alpha value is -5.45. The van der Waals surface area contributed by atoms with E-state index in [0.717, 1.165) is 5.69 Å². The first-order chi connectivity index (χ1) is 23.4. The molecule has 0 saturated heterocycles. The van der Waals surface area contributed by atoms with Gasteiger partial charge in [-0.25, -0.2) is 0 Å². The van der Waals surface area contributed by atoms with Gasteiger partial charge in [0, 0.05) is 34.4 Å². The predicted octanol–water partition coefficient (Wildman–Crippen LogP) is 6.15. The number of benzene rings is 6. The lowest BCUT2D eigenvalue weighted by Crippen LogP contribution is -2.76.